The van der Waals surface area contributed by atoms with Crippen molar-refractivity contribution in [3.05, 3.63) is 12.1 Å². The van der Waals surface area contributed by atoms with Crippen LogP contribution in [-0.4, -0.2) is 35.7 Å². The van der Waals surface area contributed by atoms with Crippen LogP contribution in [-0.2, 0) is 9.59 Å². The van der Waals surface area contributed by atoms with Crippen LogP contribution in [0, 0.1) is 11.8 Å². The number of nitrogens with one attached hydrogen (secondary N) is 1. The molecule has 2 N–H and O–H groups in total. The SMILES string of the molecule is COc1ccc(NC(=O)C2CC(CC(=O)O)C2)c(OC(F)F)n1. The van der Waals surface area contributed by atoms with E-state index in [1.54, 1.807) is 0 Å². The Hall–Kier alpha value is -2.45. The summed E-state index contributed by atoms with van der Waals surface area (Å²) in [7, 11) is 1.32. The number of anilines is 1. The molecule has 1 aromatic rings. The van der Waals surface area contributed by atoms with Crippen molar-refractivity contribution in [2.75, 3.05) is 12.4 Å². The quantitative estimate of drug-likeness (QED) is 0.795. The summed E-state index contributed by atoms with van der Waals surface area (Å²) in [4.78, 5) is 26.4. The molecule has 1 aliphatic rings. The van der Waals surface area contributed by atoms with E-state index in [1.807, 2.05) is 0 Å². The van der Waals surface area contributed by atoms with Crippen LogP contribution in [0.25, 0.3) is 0 Å². The lowest BCUT2D eigenvalue weighted by atomic mass is 9.73. The van der Waals surface area contributed by atoms with Crippen LogP contribution in [0.1, 0.15) is 19.3 Å². The molecule has 1 aromatic heterocycles. The molecule has 0 aliphatic heterocycles. The van der Waals surface area contributed by atoms with E-state index in [9.17, 15) is 18.4 Å². The number of carbonyl (C=O) groups is 2. The van der Waals surface area contributed by atoms with Crippen LogP contribution in [0.2, 0.25) is 0 Å². The molecule has 1 aliphatic carbocycles. The summed E-state index contributed by atoms with van der Waals surface area (Å²) in [5.41, 5.74) is 0.0118. The third-order valence-electron chi connectivity index (χ3n) is 3.57. The lowest BCUT2D eigenvalue weighted by Crippen LogP contribution is -2.35. The molecule has 0 aromatic carbocycles. The molecule has 2 rings (SSSR count). The van der Waals surface area contributed by atoms with Crippen LogP contribution in [0.3, 0.4) is 0 Å². The molecule has 126 valence electrons. The Kier molecular flexibility index (Phi) is 5.30. The largest absolute Gasteiger partial charge is 0.481 e. The second-order valence-corrected chi connectivity index (χ2v) is 5.21. The Morgan fingerprint density at radius 1 is 1.43 bits per heavy atom. The molecule has 23 heavy (non-hydrogen) atoms. The van der Waals surface area contributed by atoms with Gasteiger partial charge in [-0.1, -0.05) is 0 Å². The molecule has 0 bridgehead atoms. The number of hydrogen-bond acceptors (Lipinski definition) is 5. The number of rotatable bonds is 7. The van der Waals surface area contributed by atoms with Gasteiger partial charge in [-0.15, -0.1) is 0 Å². The van der Waals surface area contributed by atoms with E-state index in [1.165, 1.54) is 19.2 Å². The van der Waals surface area contributed by atoms with E-state index in [2.05, 4.69) is 15.0 Å². The van der Waals surface area contributed by atoms with E-state index >= 15 is 0 Å². The molecule has 1 amide bonds. The van der Waals surface area contributed by atoms with Crippen molar-refractivity contribution in [1.82, 2.24) is 4.98 Å². The summed E-state index contributed by atoms with van der Waals surface area (Å²) in [5, 5.41) is 11.2. The number of nitrogens with zero attached hydrogens (tertiary/aromatic N) is 1. The zero-order valence-corrected chi connectivity index (χ0v) is 12.3. The maximum Gasteiger partial charge on any atom is 0.388 e. The number of carboxylic acid groups (broad SMARTS) is 1. The predicted octanol–water partition coefficient (Wildman–Crippen LogP) is 2.13. The number of aliphatic carboxylic acids is 1. The lowest BCUT2D eigenvalue weighted by Gasteiger charge is -2.33. The Bertz CT molecular complexity index is 591. The van der Waals surface area contributed by atoms with Crippen molar-refractivity contribution in [3.8, 4) is 11.8 Å². The third-order valence-corrected chi connectivity index (χ3v) is 3.57. The maximum absolute atomic E-state index is 12.4. The van der Waals surface area contributed by atoms with E-state index in [4.69, 9.17) is 9.84 Å². The number of methoxy groups -OCH3 is 1. The van der Waals surface area contributed by atoms with Crippen molar-refractivity contribution in [3.63, 3.8) is 0 Å². The third kappa shape index (κ3) is 4.51. The van der Waals surface area contributed by atoms with Gasteiger partial charge in [0.1, 0.15) is 5.69 Å². The number of aromatic nitrogens is 1. The average molecular weight is 330 g/mol. The maximum atomic E-state index is 12.4. The standard InChI is InChI=1S/C14H16F2N2O5/c1-22-10-3-2-9(13(18-10)23-14(15)16)17-12(21)8-4-7(5-8)6-11(19)20/h2-3,7-8,14H,4-6H2,1H3,(H,17,21)(H,19,20). The number of halogens is 2. The number of carbonyl (C=O) groups excluding carboxylic acids is 1. The van der Waals surface area contributed by atoms with Crippen LogP contribution in [0.15, 0.2) is 12.1 Å². The molecule has 1 heterocycles. The minimum atomic E-state index is -3.09. The second kappa shape index (κ2) is 7.21. The van der Waals surface area contributed by atoms with Crippen molar-refractivity contribution in [2.45, 2.75) is 25.9 Å². The first-order chi connectivity index (χ1) is 10.9. The fourth-order valence-electron chi connectivity index (χ4n) is 2.40. The van der Waals surface area contributed by atoms with Crippen molar-refractivity contribution < 1.29 is 33.0 Å². The van der Waals surface area contributed by atoms with Crippen LogP contribution in [0.5, 0.6) is 11.8 Å². The summed E-state index contributed by atoms with van der Waals surface area (Å²) in [6.45, 7) is -3.09. The first kappa shape index (κ1) is 16.9. The van der Waals surface area contributed by atoms with Gasteiger partial charge in [0.2, 0.25) is 17.7 Å². The van der Waals surface area contributed by atoms with Gasteiger partial charge in [-0.3, -0.25) is 9.59 Å². The van der Waals surface area contributed by atoms with Gasteiger partial charge in [-0.25, -0.2) is 0 Å². The topological polar surface area (TPSA) is 97.8 Å². The highest BCUT2D eigenvalue weighted by Gasteiger charge is 2.36. The van der Waals surface area contributed by atoms with Crippen LogP contribution < -0.4 is 14.8 Å². The Labute approximate surface area is 130 Å². The van der Waals surface area contributed by atoms with Gasteiger partial charge in [0, 0.05) is 18.4 Å². The summed E-state index contributed by atoms with van der Waals surface area (Å²) in [6.07, 6.45) is 0.924. The van der Waals surface area contributed by atoms with Gasteiger partial charge in [0.25, 0.3) is 0 Å². The number of carboxylic acids is 1. The second-order valence-electron chi connectivity index (χ2n) is 5.21. The molecular formula is C14H16F2N2O5. The first-order valence-electron chi connectivity index (χ1n) is 6.91. The number of hydrogen-bond donors (Lipinski definition) is 2. The van der Waals surface area contributed by atoms with E-state index in [0.717, 1.165) is 0 Å². The molecular weight excluding hydrogens is 314 g/mol. The monoisotopic (exact) mass is 330 g/mol. The summed E-state index contributed by atoms with van der Waals surface area (Å²) in [5.74, 6) is -2.02. The highest BCUT2D eigenvalue weighted by Crippen LogP contribution is 2.37. The van der Waals surface area contributed by atoms with Gasteiger partial charge < -0.3 is 19.9 Å². The summed E-state index contributed by atoms with van der Waals surface area (Å²) >= 11 is 0. The van der Waals surface area contributed by atoms with Crippen molar-refractivity contribution in [2.24, 2.45) is 11.8 Å². The zero-order chi connectivity index (χ0) is 17.0. The molecule has 0 unspecified atom stereocenters. The molecule has 0 radical (unpaired) electrons. The number of ether oxygens (including phenoxy) is 2. The molecule has 1 saturated carbocycles. The van der Waals surface area contributed by atoms with Gasteiger partial charge in [0.05, 0.1) is 7.11 Å². The number of alkyl halides is 2. The molecule has 7 nitrogen and oxygen atoms in total. The smallest absolute Gasteiger partial charge is 0.388 e. The number of pyridine rings is 1. The van der Waals surface area contributed by atoms with E-state index < -0.39 is 18.5 Å². The fourth-order valence-corrected chi connectivity index (χ4v) is 2.40. The first-order valence-corrected chi connectivity index (χ1v) is 6.91. The normalized spacial score (nSPS) is 19.8. The molecule has 0 atom stereocenters. The fraction of sp³-hybridized carbons (Fsp3) is 0.500. The van der Waals surface area contributed by atoms with Crippen molar-refractivity contribution in [1.29, 1.82) is 0 Å². The average Bonchev–Trinajstić information content (AvgIpc) is 2.43. The van der Waals surface area contributed by atoms with Crippen LogP contribution in [0.4, 0.5) is 14.5 Å². The highest BCUT2D eigenvalue weighted by molar-refractivity contribution is 5.94. The minimum Gasteiger partial charge on any atom is -0.481 e. The van der Waals surface area contributed by atoms with Gasteiger partial charge in [0.15, 0.2) is 0 Å². The molecule has 0 saturated heterocycles. The molecule has 0 spiro atoms. The van der Waals surface area contributed by atoms with E-state index in [0.29, 0.717) is 12.8 Å². The van der Waals surface area contributed by atoms with E-state index in [-0.39, 0.29) is 35.7 Å². The molecule has 1 fully saturated rings. The molecule has 9 heteroatoms. The van der Waals surface area contributed by atoms with Crippen molar-refractivity contribution >= 4 is 17.6 Å². The van der Waals surface area contributed by atoms with Gasteiger partial charge in [-0.2, -0.15) is 13.8 Å². The number of amides is 1. The van der Waals surface area contributed by atoms with Gasteiger partial charge >= 0.3 is 12.6 Å². The minimum absolute atomic E-state index is 0.0118. The van der Waals surface area contributed by atoms with Crippen LogP contribution >= 0.6 is 0 Å². The zero-order valence-electron chi connectivity index (χ0n) is 12.3. The Morgan fingerprint density at radius 3 is 2.70 bits per heavy atom. The summed E-state index contributed by atoms with van der Waals surface area (Å²) in [6, 6.07) is 2.76. The van der Waals surface area contributed by atoms with Gasteiger partial charge in [-0.05, 0) is 24.8 Å². The highest BCUT2D eigenvalue weighted by atomic mass is 19.3. The lowest BCUT2D eigenvalue weighted by molar-refractivity contribution is -0.140. The Balaban J connectivity index is 1.99. The predicted molar refractivity (Wildman–Crippen MR) is 74.5 cm³/mol. The summed E-state index contributed by atoms with van der Waals surface area (Å²) < 4.78 is 33.9. The Morgan fingerprint density at radius 2 is 2.13 bits per heavy atom.